The number of aromatic amines is 1. The lowest BCUT2D eigenvalue weighted by molar-refractivity contribution is -0.288. The molecule has 1 aliphatic heterocycles. The van der Waals surface area contributed by atoms with Gasteiger partial charge in [0.05, 0.1) is 0 Å². The van der Waals surface area contributed by atoms with Crippen LogP contribution in [0.3, 0.4) is 0 Å². The second-order valence-corrected chi connectivity index (χ2v) is 7.92. The summed E-state index contributed by atoms with van der Waals surface area (Å²) in [6.45, 7) is 4.13. The molecular formula is C23H25NO12. The van der Waals surface area contributed by atoms with Crippen molar-refractivity contribution in [3.63, 3.8) is 0 Å². The first-order chi connectivity index (χ1) is 16.9. The number of hydrogen-bond donors (Lipinski definition) is 2. The predicted octanol–water partition coefficient (Wildman–Crippen LogP) is 1.33. The van der Waals surface area contributed by atoms with Gasteiger partial charge in [0.1, 0.15) is 24.2 Å². The van der Waals surface area contributed by atoms with Crippen LogP contribution < -0.4 is 4.74 Å². The molecule has 0 radical (unpaired) electrons. The van der Waals surface area contributed by atoms with Crippen molar-refractivity contribution in [2.75, 3.05) is 6.61 Å². The van der Waals surface area contributed by atoms with Crippen LogP contribution in [0.15, 0.2) is 24.3 Å². The van der Waals surface area contributed by atoms with Crippen LogP contribution in [0, 0.1) is 0 Å². The molecule has 13 nitrogen and oxygen atoms in total. The Morgan fingerprint density at radius 2 is 1.47 bits per heavy atom. The number of aromatic nitrogens is 1. The first-order valence-electron chi connectivity index (χ1n) is 10.8. The highest BCUT2D eigenvalue weighted by Gasteiger charge is 2.53. The number of carbonyl (C=O) groups is 5. The lowest BCUT2D eigenvalue weighted by Gasteiger charge is -2.43. The lowest BCUT2D eigenvalue weighted by Crippen LogP contribution is -2.63. The normalized spacial score (nSPS) is 23.4. The molecule has 194 valence electrons. The fourth-order valence-electron chi connectivity index (χ4n) is 3.72. The van der Waals surface area contributed by atoms with E-state index in [1.165, 1.54) is 25.1 Å². The summed E-state index contributed by atoms with van der Waals surface area (Å²) in [6.07, 6.45) is -6.63. The Hall–Kier alpha value is -4.13. The van der Waals surface area contributed by atoms with Crippen LogP contribution >= 0.6 is 0 Å². The molecule has 1 saturated heterocycles. The van der Waals surface area contributed by atoms with Gasteiger partial charge < -0.3 is 38.5 Å². The monoisotopic (exact) mass is 507 g/mol. The second kappa shape index (κ2) is 11.1. The lowest BCUT2D eigenvalue weighted by atomic mass is 9.98. The molecule has 36 heavy (non-hydrogen) atoms. The second-order valence-electron chi connectivity index (χ2n) is 7.92. The zero-order valence-electron chi connectivity index (χ0n) is 19.8. The van der Waals surface area contributed by atoms with Crippen LogP contribution in [0.2, 0.25) is 0 Å². The Bertz CT molecular complexity index is 1170. The van der Waals surface area contributed by atoms with E-state index in [1.807, 2.05) is 0 Å². The zero-order chi connectivity index (χ0) is 26.6. The number of hydrogen-bond acceptors (Lipinski definition) is 11. The number of carbonyl (C=O) groups excluding carboxylic acids is 4. The molecule has 2 aromatic rings. The summed E-state index contributed by atoms with van der Waals surface area (Å²) in [5, 5.41) is 9.71. The van der Waals surface area contributed by atoms with E-state index in [1.54, 1.807) is 6.07 Å². The number of carboxylic acid groups (broad SMARTS) is 1. The van der Waals surface area contributed by atoms with Gasteiger partial charge in [-0.2, -0.15) is 0 Å². The number of benzene rings is 1. The van der Waals surface area contributed by atoms with E-state index < -0.39 is 67.2 Å². The Kier molecular flexibility index (Phi) is 8.14. The minimum Gasteiger partial charge on any atom is -0.477 e. The van der Waals surface area contributed by atoms with Gasteiger partial charge in [-0.05, 0) is 24.3 Å². The molecule has 1 aromatic heterocycles. The highest BCUT2D eigenvalue weighted by Crippen LogP contribution is 2.32. The van der Waals surface area contributed by atoms with E-state index in [0.29, 0.717) is 10.9 Å². The molecular weight excluding hydrogens is 482 g/mol. The minimum absolute atomic E-state index is 0.0329. The van der Waals surface area contributed by atoms with Crippen LogP contribution in [-0.4, -0.2) is 77.2 Å². The van der Waals surface area contributed by atoms with E-state index >= 15 is 0 Å². The van der Waals surface area contributed by atoms with Gasteiger partial charge >= 0.3 is 29.8 Å². The number of esters is 4. The Balaban J connectivity index is 1.99. The molecule has 2 heterocycles. The summed E-state index contributed by atoms with van der Waals surface area (Å²) < 4.78 is 32.8. The van der Waals surface area contributed by atoms with Gasteiger partial charge in [-0.3, -0.25) is 19.2 Å². The number of rotatable bonds is 8. The van der Waals surface area contributed by atoms with Gasteiger partial charge in [0, 0.05) is 38.6 Å². The van der Waals surface area contributed by atoms with E-state index in [0.717, 1.165) is 20.8 Å². The number of H-pyrrole nitrogens is 1. The van der Waals surface area contributed by atoms with Gasteiger partial charge in [-0.15, -0.1) is 0 Å². The van der Waals surface area contributed by atoms with Gasteiger partial charge in [-0.25, -0.2) is 4.79 Å². The molecule has 0 aliphatic carbocycles. The molecule has 1 aliphatic rings. The number of ether oxygens (including phenoxy) is 6. The fourth-order valence-corrected chi connectivity index (χ4v) is 3.72. The summed E-state index contributed by atoms with van der Waals surface area (Å²) in [4.78, 5) is 61.0. The average Bonchev–Trinajstić information content (AvgIpc) is 3.19. The quantitative estimate of drug-likeness (QED) is 0.388. The maximum absolute atomic E-state index is 11.9. The van der Waals surface area contributed by atoms with Crippen LogP contribution in [0.25, 0.3) is 10.9 Å². The molecule has 1 aromatic carbocycles. The number of nitrogens with one attached hydrogen (secondary N) is 1. The fraction of sp³-hybridized carbons (Fsp3) is 0.435. The smallest absolute Gasteiger partial charge is 0.352 e. The predicted molar refractivity (Wildman–Crippen MR) is 118 cm³/mol. The number of fused-ring (bicyclic) bond motifs is 1. The van der Waals surface area contributed by atoms with Gasteiger partial charge in [0.15, 0.2) is 12.2 Å². The molecule has 0 saturated carbocycles. The molecule has 5 atom stereocenters. The molecule has 1 unspecified atom stereocenters. The summed E-state index contributed by atoms with van der Waals surface area (Å²) in [5.74, 6) is -3.87. The first kappa shape index (κ1) is 26.5. The van der Waals surface area contributed by atoms with Crippen LogP contribution in [0.5, 0.6) is 5.75 Å². The maximum Gasteiger partial charge on any atom is 0.352 e. The van der Waals surface area contributed by atoms with Crippen LogP contribution in [0.4, 0.5) is 0 Å². The highest BCUT2D eigenvalue weighted by atomic mass is 16.7. The molecule has 0 bridgehead atoms. The summed E-state index contributed by atoms with van der Waals surface area (Å²) in [6, 6.07) is 6.01. The largest absolute Gasteiger partial charge is 0.477 e. The van der Waals surface area contributed by atoms with Crippen molar-refractivity contribution in [2.45, 2.75) is 58.4 Å². The molecule has 2 N–H and O–H groups in total. The summed E-state index contributed by atoms with van der Waals surface area (Å²) >= 11 is 0. The van der Waals surface area contributed by atoms with Crippen molar-refractivity contribution >= 4 is 40.7 Å². The molecule has 3 rings (SSSR count). The summed E-state index contributed by atoms with van der Waals surface area (Å²) in [5.41, 5.74) is 0.496. The van der Waals surface area contributed by atoms with Gasteiger partial charge in [0.2, 0.25) is 12.4 Å². The van der Waals surface area contributed by atoms with Crippen molar-refractivity contribution in [1.29, 1.82) is 0 Å². The molecule has 0 spiro atoms. The third-order valence-corrected chi connectivity index (χ3v) is 5.02. The van der Waals surface area contributed by atoms with Crippen molar-refractivity contribution in [3.05, 3.63) is 30.0 Å². The zero-order valence-corrected chi connectivity index (χ0v) is 19.8. The number of carboxylic acids is 1. The van der Waals surface area contributed by atoms with Gasteiger partial charge in [0.25, 0.3) is 0 Å². The van der Waals surface area contributed by atoms with Crippen molar-refractivity contribution in [1.82, 2.24) is 4.98 Å². The molecule has 0 amide bonds. The van der Waals surface area contributed by atoms with Crippen molar-refractivity contribution in [2.24, 2.45) is 0 Å². The van der Waals surface area contributed by atoms with Crippen molar-refractivity contribution in [3.8, 4) is 5.75 Å². The maximum atomic E-state index is 11.9. The number of aromatic carboxylic acids is 1. The first-order valence-corrected chi connectivity index (χ1v) is 10.8. The standard InChI is InChI=1S/C23H25NO12/c1-10(25)31-9-18-19(32-11(2)26)20(33-12(3)27)21(34-13(4)28)23(36-18)35-15-5-6-16-14(7-15)8-17(24-16)22(29)30/h5-8,18-21,23-24H,9H2,1-4H3,(H,29,30)/t18-,19+,20+,21-,23?/m1/s1. The Labute approximate surface area is 204 Å². The third kappa shape index (κ3) is 6.50. The molecule has 1 fully saturated rings. The van der Waals surface area contributed by atoms with Crippen LogP contribution in [0.1, 0.15) is 38.2 Å². The Morgan fingerprint density at radius 1 is 0.861 bits per heavy atom. The van der Waals surface area contributed by atoms with E-state index in [-0.39, 0.29) is 11.4 Å². The SMILES string of the molecule is CC(=O)OC[C@H]1OC(Oc2ccc3[nH]c(C(=O)O)cc3c2)[C@H](OC(C)=O)[C@@H](OC(C)=O)[C@H]1OC(C)=O. The summed E-state index contributed by atoms with van der Waals surface area (Å²) in [7, 11) is 0. The third-order valence-electron chi connectivity index (χ3n) is 5.02. The molecule has 13 heteroatoms. The van der Waals surface area contributed by atoms with Gasteiger partial charge in [-0.1, -0.05) is 0 Å². The van der Waals surface area contributed by atoms with E-state index in [4.69, 9.17) is 28.4 Å². The highest BCUT2D eigenvalue weighted by molar-refractivity contribution is 5.94. The Morgan fingerprint density at radius 3 is 2.06 bits per heavy atom. The van der Waals surface area contributed by atoms with E-state index in [2.05, 4.69) is 4.98 Å². The minimum atomic E-state index is -1.40. The van der Waals surface area contributed by atoms with Crippen molar-refractivity contribution < 1.29 is 57.5 Å². The average molecular weight is 507 g/mol. The van der Waals surface area contributed by atoms with Crippen LogP contribution in [-0.2, 0) is 42.9 Å². The van der Waals surface area contributed by atoms with E-state index in [9.17, 15) is 29.1 Å². The topological polar surface area (TPSA) is 177 Å².